The second kappa shape index (κ2) is 4.53. The number of aldehydes is 1. The smallest absolute Gasteiger partial charge is 0.237 e. The summed E-state index contributed by atoms with van der Waals surface area (Å²) in [5, 5.41) is 0. The van der Waals surface area contributed by atoms with E-state index in [4.69, 9.17) is 4.74 Å². The maximum Gasteiger partial charge on any atom is 0.237 e. The standard InChI is InChI=1S/C12H10N2O2/c1-9-6-10(8-15)2-3-11(9)16-12-7-13-4-5-14-12/h2-8H,1H3. The molecule has 2 aromatic rings. The molecule has 2 rings (SSSR count). The Bertz CT molecular complexity index is 498. The maximum absolute atomic E-state index is 10.6. The molecule has 1 aromatic carbocycles. The predicted molar refractivity (Wildman–Crippen MR) is 58.7 cm³/mol. The summed E-state index contributed by atoms with van der Waals surface area (Å²) in [5.74, 6) is 1.11. The van der Waals surface area contributed by atoms with Crippen LogP contribution in [0.3, 0.4) is 0 Å². The molecule has 0 radical (unpaired) electrons. The molecule has 80 valence electrons. The zero-order valence-corrected chi connectivity index (χ0v) is 8.75. The fraction of sp³-hybridized carbons (Fsp3) is 0.0833. The lowest BCUT2D eigenvalue weighted by Gasteiger charge is -2.07. The van der Waals surface area contributed by atoms with Crippen molar-refractivity contribution in [1.29, 1.82) is 0 Å². The Morgan fingerprint density at radius 3 is 2.81 bits per heavy atom. The highest BCUT2D eigenvalue weighted by molar-refractivity contribution is 5.75. The third-order valence-corrected chi connectivity index (χ3v) is 2.09. The van der Waals surface area contributed by atoms with Crippen LogP contribution in [0.15, 0.2) is 36.8 Å². The summed E-state index contributed by atoms with van der Waals surface area (Å²) in [5.41, 5.74) is 1.51. The van der Waals surface area contributed by atoms with Crippen LogP contribution in [-0.2, 0) is 0 Å². The Kier molecular flexibility index (Phi) is 2.91. The molecule has 0 spiro atoms. The molecule has 0 saturated heterocycles. The third kappa shape index (κ3) is 2.23. The highest BCUT2D eigenvalue weighted by Crippen LogP contribution is 2.23. The van der Waals surface area contributed by atoms with Gasteiger partial charge in [0.1, 0.15) is 12.0 Å². The van der Waals surface area contributed by atoms with E-state index < -0.39 is 0 Å². The van der Waals surface area contributed by atoms with E-state index in [2.05, 4.69) is 9.97 Å². The van der Waals surface area contributed by atoms with E-state index in [0.29, 0.717) is 17.2 Å². The van der Waals surface area contributed by atoms with E-state index in [0.717, 1.165) is 11.8 Å². The molecule has 0 aliphatic heterocycles. The molecule has 1 aromatic heterocycles. The van der Waals surface area contributed by atoms with Gasteiger partial charge in [0.05, 0.1) is 6.20 Å². The van der Waals surface area contributed by atoms with Crippen molar-refractivity contribution in [3.63, 3.8) is 0 Å². The number of hydrogen-bond acceptors (Lipinski definition) is 4. The van der Waals surface area contributed by atoms with Crippen molar-refractivity contribution in [3.8, 4) is 11.6 Å². The number of hydrogen-bond donors (Lipinski definition) is 0. The molecule has 0 aliphatic carbocycles. The number of aromatic nitrogens is 2. The normalized spacial score (nSPS) is 9.81. The SMILES string of the molecule is Cc1cc(C=O)ccc1Oc1cnccn1. The van der Waals surface area contributed by atoms with Crippen molar-refractivity contribution in [1.82, 2.24) is 9.97 Å². The Labute approximate surface area is 92.9 Å². The van der Waals surface area contributed by atoms with Crippen LogP contribution in [0.4, 0.5) is 0 Å². The molecule has 0 unspecified atom stereocenters. The number of rotatable bonds is 3. The number of ether oxygens (including phenoxy) is 1. The number of aryl methyl sites for hydroxylation is 1. The van der Waals surface area contributed by atoms with Gasteiger partial charge in [0.2, 0.25) is 5.88 Å². The average Bonchev–Trinajstić information content (AvgIpc) is 2.33. The van der Waals surface area contributed by atoms with E-state index >= 15 is 0 Å². The topological polar surface area (TPSA) is 52.1 Å². The van der Waals surface area contributed by atoms with Crippen molar-refractivity contribution < 1.29 is 9.53 Å². The van der Waals surface area contributed by atoms with Crippen molar-refractivity contribution in [3.05, 3.63) is 47.9 Å². The minimum Gasteiger partial charge on any atom is -0.437 e. The molecule has 4 nitrogen and oxygen atoms in total. The molecule has 4 heteroatoms. The summed E-state index contributed by atoms with van der Waals surface area (Å²) in [4.78, 5) is 18.5. The van der Waals surface area contributed by atoms with Crippen molar-refractivity contribution in [2.45, 2.75) is 6.92 Å². The van der Waals surface area contributed by atoms with Crippen molar-refractivity contribution >= 4 is 6.29 Å². The van der Waals surface area contributed by atoms with Gasteiger partial charge in [-0.25, -0.2) is 4.98 Å². The van der Waals surface area contributed by atoms with Gasteiger partial charge >= 0.3 is 0 Å². The molecular weight excluding hydrogens is 204 g/mol. The zero-order chi connectivity index (χ0) is 11.4. The number of nitrogens with zero attached hydrogens (tertiary/aromatic N) is 2. The summed E-state index contributed by atoms with van der Waals surface area (Å²) in [6.45, 7) is 1.87. The molecule has 16 heavy (non-hydrogen) atoms. The highest BCUT2D eigenvalue weighted by atomic mass is 16.5. The van der Waals surface area contributed by atoms with E-state index in [9.17, 15) is 4.79 Å². The first-order valence-corrected chi connectivity index (χ1v) is 4.79. The fourth-order valence-electron chi connectivity index (χ4n) is 1.31. The molecular formula is C12H10N2O2. The van der Waals surface area contributed by atoms with Gasteiger partial charge in [0.15, 0.2) is 0 Å². The molecule has 0 aliphatic rings. The van der Waals surface area contributed by atoms with Crippen LogP contribution in [0.25, 0.3) is 0 Å². The number of carbonyl (C=O) groups excluding carboxylic acids is 1. The monoisotopic (exact) mass is 214 g/mol. The van der Waals surface area contributed by atoms with Crippen molar-refractivity contribution in [2.24, 2.45) is 0 Å². The molecule has 0 atom stereocenters. The summed E-state index contributed by atoms with van der Waals surface area (Å²) < 4.78 is 5.52. The van der Waals surface area contributed by atoms with Gasteiger partial charge in [-0.2, -0.15) is 0 Å². The highest BCUT2D eigenvalue weighted by Gasteiger charge is 2.03. The van der Waals surface area contributed by atoms with Crippen LogP contribution in [0.2, 0.25) is 0 Å². The Hall–Kier alpha value is -2.23. The quantitative estimate of drug-likeness (QED) is 0.736. The second-order valence-corrected chi connectivity index (χ2v) is 3.29. The van der Waals surface area contributed by atoms with Crippen LogP contribution in [-0.4, -0.2) is 16.3 Å². The van der Waals surface area contributed by atoms with E-state index in [1.165, 1.54) is 6.20 Å². The van der Waals surface area contributed by atoms with Crippen LogP contribution in [0, 0.1) is 6.92 Å². The lowest BCUT2D eigenvalue weighted by molar-refractivity contribution is 0.112. The van der Waals surface area contributed by atoms with Crippen LogP contribution in [0.1, 0.15) is 15.9 Å². The van der Waals surface area contributed by atoms with E-state index in [1.54, 1.807) is 30.6 Å². The first kappa shape index (κ1) is 10.3. The lowest BCUT2D eigenvalue weighted by Crippen LogP contribution is -1.91. The zero-order valence-electron chi connectivity index (χ0n) is 8.75. The van der Waals surface area contributed by atoms with Gasteiger partial charge in [-0.1, -0.05) is 0 Å². The van der Waals surface area contributed by atoms with Gasteiger partial charge in [-0.3, -0.25) is 9.78 Å². The minimum atomic E-state index is 0.435. The summed E-state index contributed by atoms with van der Waals surface area (Å²) >= 11 is 0. The Morgan fingerprint density at radius 2 is 2.19 bits per heavy atom. The maximum atomic E-state index is 10.6. The summed E-state index contributed by atoms with van der Waals surface area (Å²) in [6, 6.07) is 5.21. The van der Waals surface area contributed by atoms with Crippen LogP contribution in [0.5, 0.6) is 11.6 Å². The Morgan fingerprint density at radius 1 is 1.31 bits per heavy atom. The van der Waals surface area contributed by atoms with Crippen LogP contribution < -0.4 is 4.74 Å². The number of carbonyl (C=O) groups is 1. The minimum absolute atomic E-state index is 0.435. The Balaban J connectivity index is 2.25. The van der Waals surface area contributed by atoms with Crippen molar-refractivity contribution in [2.75, 3.05) is 0 Å². The van der Waals surface area contributed by atoms with Gasteiger partial charge in [0, 0.05) is 18.0 Å². The average molecular weight is 214 g/mol. The second-order valence-electron chi connectivity index (χ2n) is 3.29. The van der Waals surface area contributed by atoms with Crippen LogP contribution >= 0.6 is 0 Å². The predicted octanol–water partition coefficient (Wildman–Crippen LogP) is 2.39. The van der Waals surface area contributed by atoms with E-state index in [-0.39, 0.29) is 0 Å². The molecule has 0 bridgehead atoms. The molecule has 0 amide bonds. The summed E-state index contributed by atoms with van der Waals surface area (Å²) in [6.07, 6.45) is 5.48. The van der Waals surface area contributed by atoms with Gasteiger partial charge in [-0.15, -0.1) is 0 Å². The summed E-state index contributed by atoms with van der Waals surface area (Å²) in [7, 11) is 0. The molecule has 0 fully saturated rings. The first-order valence-electron chi connectivity index (χ1n) is 4.79. The number of benzene rings is 1. The molecule has 0 saturated carbocycles. The van der Waals surface area contributed by atoms with Gasteiger partial charge < -0.3 is 4.74 Å². The molecule has 0 N–H and O–H groups in total. The first-order chi connectivity index (χ1) is 7.79. The fourth-order valence-corrected chi connectivity index (χ4v) is 1.31. The lowest BCUT2D eigenvalue weighted by atomic mass is 10.1. The van der Waals surface area contributed by atoms with E-state index in [1.807, 2.05) is 6.92 Å². The largest absolute Gasteiger partial charge is 0.437 e. The molecule has 1 heterocycles. The third-order valence-electron chi connectivity index (χ3n) is 2.09. The van der Waals surface area contributed by atoms with Gasteiger partial charge in [-0.05, 0) is 30.7 Å². The van der Waals surface area contributed by atoms with Gasteiger partial charge in [0.25, 0.3) is 0 Å².